The van der Waals surface area contributed by atoms with E-state index in [9.17, 15) is 18.0 Å². The molecule has 0 atom stereocenters. The molecule has 1 amide bonds. The van der Waals surface area contributed by atoms with Crippen LogP contribution < -0.4 is 16.0 Å². The lowest BCUT2D eigenvalue weighted by Crippen LogP contribution is -2.56. The number of nitrogens with zero attached hydrogens (tertiary/aromatic N) is 2. The van der Waals surface area contributed by atoms with Gasteiger partial charge in [0.1, 0.15) is 0 Å². The zero-order valence-corrected chi connectivity index (χ0v) is 17.6. The first-order valence-corrected chi connectivity index (χ1v) is 9.86. The summed E-state index contributed by atoms with van der Waals surface area (Å²) in [6, 6.07) is 4.13. The number of halogens is 3. The first kappa shape index (κ1) is 23.9. The Morgan fingerprint density at radius 1 is 1.07 bits per heavy atom. The van der Waals surface area contributed by atoms with Gasteiger partial charge < -0.3 is 20.7 Å². The molecule has 0 saturated carbocycles. The monoisotopic (exact) mass is 429 g/mol. The molecule has 0 spiro atoms. The third kappa shape index (κ3) is 7.17. The lowest BCUT2D eigenvalue weighted by atomic mass is 10.0. The fraction of sp³-hybridized carbons (Fsp3) is 0.600. The smallest absolute Gasteiger partial charge is 0.379 e. The molecule has 30 heavy (non-hydrogen) atoms. The Morgan fingerprint density at radius 3 is 2.23 bits per heavy atom. The lowest BCUT2D eigenvalue weighted by molar-refractivity contribution is -0.137. The zero-order valence-electron chi connectivity index (χ0n) is 17.6. The van der Waals surface area contributed by atoms with Crippen LogP contribution in [0.2, 0.25) is 0 Å². The number of alkyl halides is 3. The molecule has 0 unspecified atom stereocenters. The van der Waals surface area contributed by atoms with Crippen molar-refractivity contribution >= 4 is 11.9 Å². The van der Waals surface area contributed by atoms with Crippen molar-refractivity contribution in [2.45, 2.75) is 25.6 Å². The molecule has 2 rings (SSSR count). The van der Waals surface area contributed by atoms with Crippen LogP contribution in [0.4, 0.5) is 13.2 Å². The number of carbonyl (C=O) groups is 1. The van der Waals surface area contributed by atoms with E-state index in [1.165, 1.54) is 12.1 Å². The van der Waals surface area contributed by atoms with Crippen molar-refractivity contribution in [1.29, 1.82) is 0 Å². The van der Waals surface area contributed by atoms with Gasteiger partial charge in [0.05, 0.1) is 18.8 Å². The van der Waals surface area contributed by atoms with Gasteiger partial charge in [-0.3, -0.25) is 14.7 Å². The molecule has 1 aromatic rings. The summed E-state index contributed by atoms with van der Waals surface area (Å²) in [7, 11) is 1.66. The number of hydrogen-bond donors (Lipinski definition) is 3. The molecular weight excluding hydrogens is 399 g/mol. The fourth-order valence-corrected chi connectivity index (χ4v) is 3.07. The summed E-state index contributed by atoms with van der Waals surface area (Å²) in [4.78, 5) is 18.6. The number of nitrogens with one attached hydrogen (secondary N) is 3. The van der Waals surface area contributed by atoms with Crippen molar-refractivity contribution < 1.29 is 22.7 Å². The van der Waals surface area contributed by atoms with E-state index in [-0.39, 0.29) is 11.1 Å². The van der Waals surface area contributed by atoms with Gasteiger partial charge in [0.25, 0.3) is 5.91 Å². The Kier molecular flexibility index (Phi) is 8.48. The molecule has 1 saturated heterocycles. The minimum Gasteiger partial charge on any atom is -0.379 e. The van der Waals surface area contributed by atoms with Crippen LogP contribution in [0.5, 0.6) is 0 Å². The van der Waals surface area contributed by atoms with Crippen LogP contribution in [-0.4, -0.2) is 75.3 Å². The number of carbonyl (C=O) groups excluding carboxylic acids is 1. The van der Waals surface area contributed by atoms with Gasteiger partial charge in [-0.05, 0) is 38.1 Å². The maximum Gasteiger partial charge on any atom is 0.416 e. The van der Waals surface area contributed by atoms with Crippen LogP contribution in [0, 0.1) is 0 Å². The van der Waals surface area contributed by atoms with Crippen LogP contribution in [0.3, 0.4) is 0 Å². The van der Waals surface area contributed by atoms with Gasteiger partial charge >= 0.3 is 6.18 Å². The van der Waals surface area contributed by atoms with Crippen LogP contribution in [-0.2, 0) is 10.9 Å². The van der Waals surface area contributed by atoms with Crippen LogP contribution in [0.15, 0.2) is 29.3 Å². The average molecular weight is 429 g/mol. The highest BCUT2D eigenvalue weighted by Gasteiger charge is 2.30. The summed E-state index contributed by atoms with van der Waals surface area (Å²) in [6.45, 7) is 8.95. The quantitative estimate of drug-likeness (QED) is 0.350. The molecule has 0 radical (unpaired) electrons. The van der Waals surface area contributed by atoms with Crippen molar-refractivity contribution in [3.63, 3.8) is 0 Å². The molecule has 0 bridgehead atoms. The third-order valence-electron chi connectivity index (χ3n) is 4.96. The molecule has 1 aromatic carbocycles. The van der Waals surface area contributed by atoms with Gasteiger partial charge in [-0.15, -0.1) is 0 Å². The number of ether oxygens (including phenoxy) is 1. The molecule has 1 fully saturated rings. The second kappa shape index (κ2) is 10.6. The Labute approximate surface area is 175 Å². The number of morpholine rings is 1. The summed E-state index contributed by atoms with van der Waals surface area (Å²) in [5.74, 6) is 0.182. The molecule has 0 aromatic heterocycles. The van der Waals surface area contributed by atoms with E-state index in [0.717, 1.165) is 38.4 Å². The highest BCUT2D eigenvalue weighted by atomic mass is 19.4. The maximum atomic E-state index is 12.6. The van der Waals surface area contributed by atoms with E-state index in [4.69, 9.17) is 4.74 Å². The normalized spacial score (nSPS) is 16.3. The second-order valence-corrected chi connectivity index (χ2v) is 7.60. The minimum absolute atomic E-state index is 0.0712. The van der Waals surface area contributed by atoms with E-state index in [0.29, 0.717) is 25.6 Å². The Bertz CT molecular complexity index is 714. The first-order valence-electron chi connectivity index (χ1n) is 9.86. The summed E-state index contributed by atoms with van der Waals surface area (Å²) >= 11 is 0. The number of benzene rings is 1. The summed E-state index contributed by atoms with van der Waals surface area (Å²) in [5, 5.41) is 9.07. The Morgan fingerprint density at radius 2 is 1.67 bits per heavy atom. The molecule has 10 heteroatoms. The van der Waals surface area contributed by atoms with Gasteiger partial charge in [-0.25, -0.2) is 0 Å². The Balaban J connectivity index is 1.72. The van der Waals surface area contributed by atoms with Gasteiger partial charge in [0.2, 0.25) is 0 Å². The first-order chi connectivity index (χ1) is 14.1. The van der Waals surface area contributed by atoms with Gasteiger partial charge in [-0.2, -0.15) is 13.2 Å². The van der Waals surface area contributed by atoms with Gasteiger partial charge in [0, 0.05) is 50.9 Å². The zero-order chi connectivity index (χ0) is 22.2. The lowest BCUT2D eigenvalue weighted by Gasteiger charge is -2.41. The van der Waals surface area contributed by atoms with Crippen LogP contribution in [0.1, 0.15) is 29.8 Å². The molecule has 1 heterocycles. The highest BCUT2D eigenvalue weighted by molar-refractivity contribution is 5.94. The molecule has 1 aliphatic heterocycles. The molecule has 168 valence electrons. The number of aliphatic imine (C=N–C) groups is 1. The summed E-state index contributed by atoms with van der Waals surface area (Å²) < 4.78 is 43.2. The molecular formula is C20H30F3N5O2. The molecule has 3 N–H and O–H groups in total. The van der Waals surface area contributed by atoms with E-state index in [2.05, 4.69) is 39.7 Å². The molecule has 0 aliphatic carbocycles. The van der Waals surface area contributed by atoms with Crippen molar-refractivity contribution in [2.75, 3.05) is 53.0 Å². The van der Waals surface area contributed by atoms with Crippen molar-refractivity contribution in [2.24, 2.45) is 4.99 Å². The number of amides is 1. The largest absolute Gasteiger partial charge is 0.416 e. The van der Waals surface area contributed by atoms with E-state index in [1.807, 2.05) is 0 Å². The fourth-order valence-electron chi connectivity index (χ4n) is 3.07. The number of rotatable bonds is 7. The van der Waals surface area contributed by atoms with Crippen molar-refractivity contribution in [3.8, 4) is 0 Å². The highest BCUT2D eigenvalue weighted by Crippen LogP contribution is 2.29. The molecule has 7 nitrogen and oxygen atoms in total. The minimum atomic E-state index is -4.42. The average Bonchev–Trinajstić information content (AvgIpc) is 2.73. The summed E-state index contributed by atoms with van der Waals surface area (Å²) in [5.41, 5.74) is -0.675. The maximum absolute atomic E-state index is 12.6. The van der Waals surface area contributed by atoms with E-state index >= 15 is 0 Å². The predicted octanol–water partition coefficient (Wildman–Crippen LogP) is 1.71. The van der Waals surface area contributed by atoms with Crippen LogP contribution >= 0.6 is 0 Å². The Hall–Kier alpha value is -2.33. The summed E-state index contributed by atoms with van der Waals surface area (Å²) in [6.07, 6.45) is -4.42. The van der Waals surface area contributed by atoms with E-state index in [1.54, 1.807) is 7.05 Å². The standard InChI is InChI=1S/C20H30F3N5O2/c1-19(2,28-10-12-30-13-11-28)14-27-18(24-3)26-9-8-25-17(29)15-4-6-16(7-5-15)20(21,22)23/h4-7H,8-14H2,1-3H3,(H,25,29)(H2,24,26,27). The predicted molar refractivity (Wildman–Crippen MR) is 110 cm³/mol. The van der Waals surface area contributed by atoms with E-state index < -0.39 is 17.6 Å². The van der Waals surface area contributed by atoms with Gasteiger partial charge in [-0.1, -0.05) is 0 Å². The number of hydrogen-bond acceptors (Lipinski definition) is 4. The third-order valence-corrected chi connectivity index (χ3v) is 4.96. The van der Waals surface area contributed by atoms with Crippen molar-refractivity contribution in [1.82, 2.24) is 20.9 Å². The topological polar surface area (TPSA) is 78.0 Å². The van der Waals surface area contributed by atoms with Gasteiger partial charge in [0.15, 0.2) is 5.96 Å². The molecule has 1 aliphatic rings. The number of guanidine groups is 1. The van der Waals surface area contributed by atoms with Crippen LogP contribution in [0.25, 0.3) is 0 Å². The van der Waals surface area contributed by atoms with Crippen molar-refractivity contribution in [3.05, 3.63) is 35.4 Å². The SMILES string of the molecule is CN=C(NCCNC(=O)c1ccc(C(F)(F)F)cc1)NCC(C)(C)N1CCOCC1. The second-order valence-electron chi connectivity index (χ2n) is 7.60.